The van der Waals surface area contributed by atoms with Crippen molar-refractivity contribution >= 4 is 22.5 Å². The van der Waals surface area contributed by atoms with Crippen LogP contribution in [-0.4, -0.2) is 18.7 Å². The molecule has 1 aromatic carbocycles. The van der Waals surface area contributed by atoms with Crippen LogP contribution in [0.3, 0.4) is 0 Å². The lowest BCUT2D eigenvalue weighted by Gasteiger charge is -2.08. The highest BCUT2D eigenvalue weighted by Gasteiger charge is 2.09. The molecule has 0 fully saturated rings. The lowest BCUT2D eigenvalue weighted by molar-refractivity contribution is 0.315. The Morgan fingerprint density at radius 2 is 2.14 bits per heavy atom. The fourth-order valence-electron chi connectivity index (χ4n) is 2.03. The van der Waals surface area contributed by atoms with E-state index in [0.717, 1.165) is 16.5 Å². The van der Waals surface area contributed by atoms with Crippen LogP contribution in [0.15, 0.2) is 42.7 Å². The molecular formula is C17H20ClNO2. The molecule has 0 radical (unpaired) electrons. The summed E-state index contributed by atoms with van der Waals surface area (Å²) in [6.45, 7) is 8.38. The molecule has 0 saturated heterocycles. The first kappa shape index (κ1) is 15.5. The van der Waals surface area contributed by atoms with Crippen LogP contribution in [0.1, 0.15) is 25.5 Å². The summed E-state index contributed by atoms with van der Waals surface area (Å²) >= 11 is 6.28. The van der Waals surface area contributed by atoms with Gasteiger partial charge in [0.15, 0.2) is 0 Å². The maximum Gasteiger partial charge on any atom is 0.140 e. The highest BCUT2D eigenvalue weighted by atomic mass is 35.5. The number of rotatable bonds is 6. The zero-order valence-corrected chi connectivity index (χ0v) is 13.3. The van der Waals surface area contributed by atoms with Gasteiger partial charge in [0.05, 0.1) is 18.4 Å². The first-order valence-electron chi connectivity index (χ1n) is 6.84. The minimum Gasteiger partial charge on any atom is -0.504 e. The normalized spacial score (nSPS) is 12.0. The van der Waals surface area contributed by atoms with Gasteiger partial charge in [-0.15, -0.1) is 0 Å². The van der Waals surface area contributed by atoms with Crippen molar-refractivity contribution in [3.63, 3.8) is 0 Å². The van der Waals surface area contributed by atoms with Crippen LogP contribution >= 0.6 is 11.6 Å². The van der Waals surface area contributed by atoms with E-state index in [2.05, 4.69) is 31.5 Å². The number of aromatic amines is 1. The topological polar surface area (TPSA) is 34.2 Å². The van der Waals surface area contributed by atoms with Crippen LogP contribution in [0.4, 0.5) is 0 Å². The lowest BCUT2D eigenvalue weighted by Crippen LogP contribution is -2.00. The smallest absolute Gasteiger partial charge is 0.140 e. The van der Waals surface area contributed by atoms with Gasteiger partial charge in [0.25, 0.3) is 0 Å². The van der Waals surface area contributed by atoms with Crippen molar-refractivity contribution in [2.24, 2.45) is 0 Å². The first-order valence-corrected chi connectivity index (χ1v) is 7.22. The Hall–Kier alpha value is -1.87. The molecule has 1 N–H and O–H groups in total. The Labute approximate surface area is 130 Å². The molecule has 0 spiro atoms. The van der Waals surface area contributed by atoms with Gasteiger partial charge >= 0.3 is 0 Å². The Bertz CT molecular complexity index is 671. The van der Waals surface area contributed by atoms with Crippen LogP contribution in [0.25, 0.3) is 10.9 Å². The fraction of sp³-hybridized carbons (Fsp3) is 0.294. The summed E-state index contributed by atoms with van der Waals surface area (Å²) in [6.07, 6.45) is 3.30. The summed E-state index contributed by atoms with van der Waals surface area (Å²) < 4.78 is 10.7. The highest BCUT2D eigenvalue weighted by Crippen LogP contribution is 2.32. The Kier molecular flexibility index (Phi) is 4.97. The number of aromatic nitrogens is 1. The molecule has 2 rings (SSSR count). The van der Waals surface area contributed by atoms with Gasteiger partial charge in [0.2, 0.25) is 0 Å². The largest absolute Gasteiger partial charge is 0.504 e. The third-order valence-electron chi connectivity index (χ3n) is 3.24. The molecule has 0 saturated carbocycles. The minimum absolute atomic E-state index is 0.361. The van der Waals surface area contributed by atoms with Gasteiger partial charge < -0.3 is 14.5 Å². The summed E-state index contributed by atoms with van der Waals surface area (Å²) in [6, 6.07) is 5.97. The molecule has 21 heavy (non-hydrogen) atoms. The number of benzene rings is 1. The second kappa shape index (κ2) is 6.72. The van der Waals surface area contributed by atoms with E-state index in [1.54, 1.807) is 19.4 Å². The molecule has 1 heterocycles. The molecule has 3 nitrogen and oxygen atoms in total. The Morgan fingerprint density at radius 3 is 2.76 bits per heavy atom. The van der Waals surface area contributed by atoms with Crippen molar-refractivity contribution in [1.29, 1.82) is 0 Å². The maximum absolute atomic E-state index is 6.28. The molecule has 1 aromatic heterocycles. The quantitative estimate of drug-likeness (QED) is 0.599. The Morgan fingerprint density at radius 1 is 1.38 bits per heavy atom. The molecule has 0 bridgehead atoms. The lowest BCUT2D eigenvalue weighted by atomic mass is 10.1. The molecule has 0 aliphatic heterocycles. The number of hydrogen-bond donors (Lipinski definition) is 1. The monoisotopic (exact) mass is 305 g/mol. The van der Waals surface area contributed by atoms with Crippen LogP contribution in [0.5, 0.6) is 5.75 Å². The average molecular weight is 306 g/mol. The molecule has 4 heteroatoms. The predicted octanol–water partition coefficient (Wildman–Crippen LogP) is 5.04. The van der Waals surface area contributed by atoms with Crippen LogP contribution in [0, 0.1) is 0 Å². The summed E-state index contributed by atoms with van der Waals surface area (Å²) in [7, 11) is 1.59. The number of fused-ring (bicyclic) bond motifs is 1. The van der Waals surface area contributed by atoms with Gasteiger partial charge in [-0.3, -0.25) is 0 Å². The van der Waals surface area contributed by atoms with E-state index < -0.39 is 0 Å². The van der Waals surface area contributed by atoms with Crippen molar-refractivity contribution in [2.45, 2.75) is 19.8 Å². The maximum atomic E-state index is 6.28. The van der Waals surface area contributed by atoms with E-state index >= 15 is 0 Å². The molecule has 0 aliphatic carbocycles. The molecule has 2 aromatic rings. The van der Waals surface area contributed by atoms with Gasteiger partial charge in [0.1, 0.15) is 12.4 Å². The number of methoxy groups -OCH3 is 1. The van der Waals surface area contributed by atoms with E-state index in [1.807, 2.05) is 12.1 Å². The molecule has 0 aliphatic rings. The molecule has 0 amide bonds. The zero-order chi connectivity index (χ0) is 15.4. The Balaban J connectivity index is 2.25. The summed E-state index contributed by atoms with van der Waals surface area (Å²) in [5.74, 6) is 1.09. The van der Waals surface area contributed by atoms with Crippen molar-refractivity contribution in [3.05, 3.63) is 53.4 Å². The zero-order valence-electron chi connectivity index (χ0n) is 12.6. The third kappa shape index (κ3) is 3.61. The van der Waals surface area contributed by atoms with Crippen molar-refractivity contribution < 1.29 is 9.47 Å². The minimum atomic E-state index is 0.361. The van der Waals surface area contributed by atoms with Gasteiger partial charge in [-0.05, 0) is 18.1 Å². The molecule has 0 unspecified atom stereocenters. The first-order chi connectivity index (χ1) is 10.0. The van der Waals surface area contributed by atoms with Gasteiger partial charge in [-0.1, -0.05) is 38.1 Å². The second-order valence-corrected chi connectivity index (χ2v) is 5.58. The third-order valence-corrected chi connectivity index (χ3v) is 3.54. The standard InChI is InChI=1S/C17H20ClNO2/c1-5-12(9-20-4)10-21-17-8-16-13(6-14(17)18)7-15(19-16)11(2)3/h5-9,11,19H,1,10H2,2-4H3/b12-9+. The van der Waals surface area contributed by atoms with E-state index in [4.69, 9.17) is 21.1 Å². The van der Waals surface area contributed by atoms with Crippen LogP contribution in [0.2, 0.25) is 5.02 Å². The van der Waals surface area contributed by atoms with Crippen LogP contribution in [-0.2, 0) is 4.74 Å². The SMILES string of the molecule is C=C/C(=C\OC)COc1cc2[nH]c(C(C)C)cc2cc1Cl. The number of halogens is 1. The summed E-state index contributed by atoms with van der Waals surface area (Å²) in [4.78, 5) is 3.39. The van der Waals surface area contributed by atoms with E-state index in [9.17, 15) is 0 Å². The molecular weight excluding hydrogens is 286 g/mol. The average Bonchev–Trinajstić information content (AvgIpc) is 2.86. The number of H-pyrrole nitrogens is 1. The van der Waals surface area contributed by atoms with Gasteiger partial charge in [0, 0.05) is 28.2 Å². The van der Waals surface area contributed by atoms with Crippen molar-refractivity contribution in [2.75, 3.05) is 13.7 Å². The number of ether oxygens (including phenoxy) is 2. The van der Waals surface area contributed by atoms with Gasteiger partial charge in [-0.2, -0.15) is 0 Å². The van der Waals surface area contributed by atoms with E-state index in [0.29, 0.717) is 23.3 Å². The van der Waals surface area contributed by atoms with Gasteiger partial charge in [-0.25, -0.2) is 0 Å². The van der Waals surface area contributed by atoms with Crippen molar-refractivity contribution in [1.82, 2.24) is 4.98 Å². The molecule has 112 valence electrons. The summed E-state index contributed by atoms with van der Waals surface area (Å²) in [5, 5.41) is 1.69. The summed E-state index contributed by atoms with van der Waals surface area (Å²) in [5.41, 5.74) is 3.06. The number of nitrogens with one attached hydrogen (secondary N) is 1. The van der Waals surface area contributed by atoms with E-state index in [1.165, 1.54) is 5.69 Å². The van der Waals surface area contributed by atoms with Crippen LogP contribution < -0.4 is 4.74 Å². The van der Waals surface area contributed by atoms with Crippen molar-refractivity contribution in [3.8, 4) is 5.75 Å². The number of hydrogen-bond acceptors (Lipinski definition) is 2. The highest BCUT2D eigenvalue weighted by molar-refractivity contribution is 6.32. The molecule has 0 atom stereocenters. The van der Waals surface area contributed by atoms with E-state index in [-0.39, 0.29) is 0 Å². The predicted molar refractivity (Wildman–Crippen MR) is 88.2 cm³/mol. The fourth-order valence-corrected chi connectivity index (χ4v) is 2.26. The second-order valence-electron chi connectivity index (χ2n) is 5.17.